The summed E-state index contributed by atoms with van der Waals surface area (Å²) in [6.45, 7) is 2.20. The molecular formula is C20H32O4. The number of carboxylic acids is 1. The lowest BCUT2D eigenvalue weighted by atomic mass is 10.1. The fourth-order valence-electron chi connectivity index (χ4n) is 2.47. The molecule has 24 heavy (non-hydrogen) atoms. The first-order valence-corrected chi connectivity index (χ1v) is 9.17. The highest BCUT2D eigenvalue weighted by atomic mass is 16.6. The fraction of sp³-hybridized carbons (Fsp3) is 0.650. The summed E-state index contributed by atoms with van der Waals surface area (Å²) in [4.78, 5) is 10.3. The first-order chi connectivity index (χ1) is 11.6. The second-order valence-electron chi connectivity index (χ2n) is 6.29. The van der Waals surface area contributed by atoms with Crippen LogP contribution in [0, 0.1) is 0 Å². The average molecular weight is 336 g/mol. The van der Waals surface area contributed by atoms with Crippen LogP contribution in [0.25, 0.3) is 0 Å². The summed E-state index contributed by atoms with van der Waals surface area (Å²) in [7, 11) is 0. The van der Waals surface area contributed by atoms with E-state index in [0.29, 0.717) is 18.9 Å². The zero-order chi connectivity index (χ0) is 17.6. The lowest BCUT2D eigenvalue weighted by Crippen LogP contribution is -2.00. The van der Waals surface area contributed by atoms with Crippen molar-refractivity contribution < 1.29 is 19.7 Å². The van der Waals surface area contributed by atoms with E-state index in [1.807, 2.05) is 36.5 Å². The zero-order valence-electron chi connectivity index (χ0n) is 14.8. The molecule has 3 atom stereocenters. The minimum atomic E-state index is -0.741. The summed E-state index contributed by atoms with van der Waals surface area (Å²) in [6, 6.07) is 0. The maximum absolute atomic E-state index is 10.3. The van der Waals surface area contributed by atoms with Gasteiger partial charge in [0.05, 0.1) is 12.2 Å². The Balaban J connectivity index is 2.01. The predicted molar refractivity (Wildman–Crippen MR) is 97.0 cm³/mol. The molecule has 0 bridgehead atoms. The molecule has 4 heteroatoms. The molecule has 4 nitrogen and oxygen atoms in total. The number of unbranched alkanes of at least 4 members (excludes halogenated alkanes) is 3. The number of rotatable bonds is 14. The summed E-state index contributed by atoms with van der Waals surface area (Å²) in [5, 5.41) is 18.4. The number of allylic oxidation sites excluding steroid dienone is 3. The molecule has 1 aliphatic rings. The van der Waals surface area contributed by atoms with Crippen molar-refractivity contribution in [2.75, 3.05) is 0 Å². The number of aliphatic carboxylic acids is 1. The van der Waals surface area contributed by atoms with Crippen LogP contribution in [0.5, 0.6) is 0 Å². The first kappa shape index (κ1) is 20.7. The van der Waals surface area contributed by atoms with Crippen LogP contribution in [-0.4, -0.2) is 34.5 Å². The third kappa shape index (κ3) is 11.2. The van der Waals surface area contributed by atoms with Gasteiger partial charge in [-0.15, -0.1) is 0 Å². The molecule has 0 spiro atoms. The molecule has 1 saturated heterocycles. The summed E-state index contributed by atoms with van der Waals surface area (Å²) in [6.07, 6.45) is 19.9. The topological polar surface area (TPSA) is 70.1 Å². The second-order valence-corrected chi connectivity index (χ2v) is 6.29. The van der Waals surface area contributed by atoms with E-state index in [0.717, 1.165) is 19.3 Å². The van der Waals surface area contributed by atoms with Crippen molar-refractivity contribution in [3.63, 3.8) is 0 Å². The van der Waals surface area contributed by atoms with Crippen molar-refractivity contribution >= 4 is 5.97 Å². The van der Waals surface area contributed by atoms with Crippen LogP contribution in [-0.2, 0) is 9.53 Å². The Morgan fingerprint density at radius 1 is 1.17 bits per heavy atom. The Hall–Kier alpha value is -1.39. The summed E-state index contributed by atoms with van der Waals surface area (Å²) in [5.41, 5.74) is 0. The van der Waals surface area contributed by atoms with Gasteiger partial charge in [-0.2, -0.15) is 0 Å². The lowest BCUT2D eigenvalue weighted by Gasteiger charge is -1.99. The van der Waals surface area contributed by atoms with Crippen LogP contribution in [0.2, 0.25) is 0 Å². The Kier molecular flexibility index (Phi) is 11.2. The third-order valence-corrected chi connectivity index (χ3v) is 3.98. The Bertz CT molecular complexity index is 425. The molecule has 1 rings (SSSR count). The number of carbonyl (C=O) groups is 1. The third-order valence-electron chi connectivity index (χ3n) is 3.98. The highest BCUT2D eigenvalue weighted by Gasteiger charge is 2.35. The summed E-state index contributed by atoms with van der Waals surface area (Å²) < 4.78 is 5.56. The minimum Gasteiger partial charge on any atom is -0.481 e. The smallest absolute Gasteiger partial charge is 0.303 e. The van der Waals surface area contributed by atoms with Gasteiger partial charge in [0.2, 0.25) is 0 Å². The van der Waals surface area contributed by atoms with E-state index < -0.39 is 12.1 Å². The second kappa shape index (κ2) is 13.0. The average Bonchev–Trinajstić information content (AvgIpc) is 3.30. The van der Waals surface area contributed by atoms with Crippen LogP contribution in [0.15, 0.2) is 36.5 Å². The highest BCUT2D eigenvalue weighted by molar-refractivity contribution is 5.66. The van der Waals surface area contributed by atoms with Gasteiger partial charge in [-0.05, 0) is 32.1 Å². The number of aliphatic hydroxyl groups is 1. The molecule has 2 N–H and O–H groups in total. The molecule has 0 aromatic heterocycles. The SMILES string of the molecule is CCCCC[C@@H]1O[C@@H]1/C=C/C(O)C/C=C\C/C=C\CCCC(=O)O. The van der Waals surface area contributed by atoms with E-state index in [1.54, 1.807) is 0 Å². The standard InChI is InChI=1S/C20H32O4/c1-2-3-9-13-18-19(24-18)16-15-17(21)12-10-7-5-4-6-8-11-14-20(22)23/h4,6-7,10,15-19,21H,2-3,5,8-9,11-14H2,1H3,(H,22,23)/b6-4-,10-7-,16-15+/t17?,18-,19+/m0/s1. The van der Waals surface area contributed by atoms with Gasteiger partial charge in [0.15, 0.2) is 0 Å². The number of ether oxygens (including phenoxy) is 1. The Morgan fingerprint density at radius 2 is 1.96 bits per heavy atom. The van der Waals surface area contributed by atoms with Crippen LogP contribution in [0.3, 0.4) is 0 Å². The summed E-state index contributed by atoms with van der Waals surface area (Å²) in [5.74, 6) is -0.741. The number of hydrogen-bond donors (Lipinski definition) is 2. The molecule has 1 fully saturated rings. The highest BCUT2D eigenvalue weighted by Crippen LogP contribution is 2.28. The van der Waals surface area contributed by atoms with Gasteiger partial charge in [0, 0.05) is 6.42 Å². The molecule has 0 aliphatic carbocycles. The maximum Gasteiger partial charge on any atom is 0.303 e. The lowest BCUT2D eigenvalue weighted by molar-refractivity contribution is -0.137. The van der Waals surface area contributed by atoms with Gasteiger partial charge < -0.3 is 14.9 Å². The molecule has 0 saturated carbocycles. The largest absolute Gasteiger partial charge is 0.481 e. The number of hydrogen-bond acceptors (Lipinski definition) is 3. The first-order valence-electron chi connectivity index (χ1n) is 9.17. The Morgan fingerprint density at radius 3 is 2.71 bits per heavy atom. The Labute approximate surface area is 145 Å². The fourth-order valence-corrected chi connectivity index (χ4v) is 2.47. The number of epoxide rings is 1. The monoisotopic (exact) mass is 336 g/mol. The molecule has 1 aliphatic heterocycles. The van der Waals surface area contributed by atoms with Crippen LogP contribution in [0.4, 0.5) is 0 Å². The van der Waals surface area contributed by atoms with Crippen molar-refractivity contribution in [3.8, 4) is 0 Å². The summed E-state index contributed by atoms with van der Waals surface area (Å²) >= 11 is 0. The quantitative estimate of drug-likeness (QED) is 0.280. The van der Waals surface area contributed by atoms with Gasteiger partial charge in [-0.25, -0.2) is 0 Å². The molecule has 1 heterocycles. The van der Waals surface area contributed by atoms with E-state index in [9.17, 15) is 9.90 Å². The van der Waals surface area contributed by atoms with Crippen molar-refractivity contribution in [2.24, 2.45) is 0 Å². The van der Waals surface area contributed by atoms with E-state index in [1.165, 1.54) is 19.3 Å². The zero-order valence-corrected chi connectivity index (χ0v) is 14.8. The molecule has 0 aromatic rings. The molecule has 1 unspecified atom stereocenters. The van der Waals surface area contributed by atoms with Gasteiger partial charge in [-0.3, -0.25) is 4.79 Å². The van der Waals surface area contributed by atoms with E-state index in [4.69, 9.17) is 9.84 Å². The van der Waals surface area contributed by atoms with Crippen molar-refractivity contribution in [3.05, 3.63) is 36.5 Å². The van der Waals surface area contributed by atoms with Gasteiger partial charge >= 0.3 is 5.97 Å². The van der Waals surface area contributed by atoms with E-state index in [2.05, 4.69) is 6.92 Å². The van der Waals surface area contributed by atoms with Crippen molar-refractivity contribution in [1.82, 2.24) is 0 Å². The molecule has 0 aromatic carbocycles. The van der Waals surface area contributed by atoms with Gasteiger partial charge in [0.1, 0.15) is 6.10 Å². The van der Waals surface area contributed by atoms with E-state index in [-0.39, 0.29) is 12.5 Å². The van der Waals surface area contributed by atoms with Crippen molar-refractivity contribution in [2.45, 2.75) is 83.0 Å². The normalized spacial score (nSPS) is 21.9. The number of aliphatic hydroxyl groups excluding tert-OH is 1. The molecule has 0 radical (unpaired) electrons. The van der Waals surface area contributed by atoms with Crippen LogP contribution in [0.1, 0.15) is 64.7 Å². The predicted octanol–water partition coefficient (Wildman–Crippen LogP) is 4.40. The van der Waals surface area contributed by atoms with Crippen molar-refractivity contribution in [1.29, 1.82) is 0 Å². The van der Waals surface area contributed by atoms with Crippen LogP contribution >= 0.6 is 0 Å². The van der Waals surface area contributed by atoms with E-state index >= 15 is 0 Å². The minimum absolute atomic E-state index is 0.203. The molecule has 0 amide bonds. The van der Waals surface area contributed by atoms with Gasteiger partial charge in [0.25, 0.3) is 0 Å². The van der Waals surface area contributed by atoms with Crippen LogP contribution < -0.4 is 0 Å². The van der Waals surface area contributed by atoms with Gasteiger partial charge in [-0.1, -0.05) is 62.6 Å². The maximum atomic E-state index is 10.3. The molecular weight excluding hydrogens is 304 g/mol. The number of carboxylic acid groups (broad SMARTS) is 1. The molecule has 136 valence electrons.